The van der Waals surface area contributed by atoms with Gasteiger partial charge in [-0.25, -0.2) is 14.8 Å². The molecule has 0 spiro atoms. The van der Waals surface area contributed by atoms with Gasteiger partial charge in [0, 0.05) is 56.6 Å². The number of nitriles is 1. The third kappa shape index (κ3) is 6.07. The molecule has 0 saturated carbocycles. The van der Waals surface area contributed by atoms with E-state index in [0.717, 1.165) is 22.4 Å². The highest BCUT2D eigenvalue weighted by Crippen LogP contribution is 2.29. The van der Waals surface area contributed by atoms with E-state index in [1.54, 1.807) is 46.5 Å². The van der Waals surface area contributed by atoms with Crippen LogP contribution in [0.25, 0.3) is 28.2 Å². The number of hydrogen-bond acceptors (Lipinski definition) is 7. The molecular formula is C31H31N7O4. The van der Waals surface area contributed by atoms with Gasteiger partial charge in [-0.2, -0.15) is 5.26 Å². The summed E-state index contributed by atoms with van der Waals surface area (Å²) in [7, 11) is 0. The normalized spacial score (nSPS) is 13.5. The summed E-state index contributed by atoms with van der Waals surface area (Å²) in [4.78, 5) is 50.2. The smallest absolute Gasteiger partial charge is 0.410 e. The molecule has 3 heterocycles. The molecule has 11 nitrogen and oxygen atoms in total. The monoisotopic (exact) mass is 565 g/mol. The fourth-order valence-electron chi connectivity index (χ4n) is 4.74. The Morgan fingerprint density at radius 2 is 1.55 bits per heavy atom. The molecular weight excluding hydrogens is 534 g/mol. The molecule has 1 aliphatic heterocycles. The number of ether oxygens (including phenoxy) is 1. The number of hydrogen-bond donors (Lipinski definition) is 1. The zero-order chi connectivity index (χ0) is 30.0. The third-order valence-corrected chi connectivity index (χ3v) is 6.79. The van der Waals surface area contributed by atoms with Crippen molar-refractivity contribution < 1.29 is 19.1 Å². The van der Waals surface area contributed by atoms with Crippen molar-refractivity contribution in [2.24, 2.45) is 0 Å². The molecule has 0 bridgehead atoms. The molecule has 214 valence electrons. The number of nitrogens with one attached hydrogen (secondary N) is 1. The van der Waals surface area contributed by atoms with E-state index < -0.39 is 11.7 Å². The van der Waals surface area contributed by atoms with Crippen LogP contribution in [0.15, 0.2) is 61.1 Å². The lowest BCUT2D eigenvalue weighted by molar-refractivity contribution is -0.114. The highest BCUT2D eigenvalue weighted by atomic mass is 16.6. The number of aromatic nitrogens is 3. The number of benzene rings is 2. The van der Waals surface area contributed by atoms with Crippen molar-refractivity contribution in [1.82, 2.24) is 24.2 Å². The van der Waals surface area contributed by atoms with Crippen LogP contribution in [0.2, 0.25) is 0 Å². The van der Waals surface area contributed by atoms with Crippen LogP contribution in [-0.4, -0.2) is 73.9 Å². The first-order valence-corrected chi connectivity index (χ1v) is 13.6. The molecule has 4 aromatic rings. The van der Waals surface area contributed by atoms with Crippen molar-refractivity contribution in [1.29, 1.82) is 5.26 Å². The van der Waals surface area contributed by atoms with Crippen molar-refractivity contribution in [2.45, 2.75) is 33.3 Å². The van der Waals surface area contributed by atoms with E-state index in [2.05, 4.69) is 21.4 Å². The molecule has 3 amide bonds. The molecule has 11 heteroatoms. The fraction of sp³-hybridized carbons (Fsp3) is 0.290. The first-order chi connectivity index (χ1) is 20.0. The Bertz CT molecular complexity index is 1710. The first-order valence-electron chi connectivity index (χ1n) is 13.6. The average Bonchev–Trinajstić information content (AvgIpc) is 3.39. The summed E-state index contributed by atoms with van der Waals surface area (Å²) in [6.45, 7) is 8.24. The first kappa shape index (κ1) is 28.3. The summed E-state index contributed by atoms with van der Waals surface area (Å²) in [6.07, 6.45) is 4.91. The molecule has 0 unspecified atom stereocenters. The molecule has 42 heavy (non-hydrogen) atoms. The minimum atomic E-state index is -0.595. The standard InChI is InChI=1S/C31H31N7O4/c1-20(39)35-26-15-23(9-10-25(26)28(40)36-11-13-37(14-12-36)30(41)42-31(2,3)4)24-17-33-29-34-18-27(38(29)19-24)22-7-5-21(16-32)6-8-22/h5-10,15,17-19H,11-14H2,1-4H3,(H,35,39). The van der Waals surface area contributed by atoms with Gasteiger partial charge in [0.2, 0.25) is 11.7 Å². The number of anilines is 1. The number of amides is 3. The lowest BCUT2D eigenvalue weighted by atomic mass is 10.0. The zero-order valence-corrected chi connectivity index (χ0v) is 23.9. The van der Waals surface area contributed by atoms with Crippen molar-refractivity contribution in [3.05, 3.63) is 72.2 Å². The third-order valence-electron chi connectivity index (χ3n) is 6.79. The van der Waals surface area contributed by atoms with Crippen LogP contribution in [0.4, 0.5) is 10.5 Å². The van der Waals surface area contributed by atoms with Gasteiger partial charge in [0.15, 0.2) is 0 Å². The lowest BCUT2D eigenvalue weighted by Gasteiger charge is -2.35. The Balaban J connectivity index is 1.40. The molecule has 1 N–H and O–H groups in total. The highest BCUT2D eigenvalue weighted by molar-refractivity contribution is 6.04. The maximum absolute atomic E-state index is 13.5. The lowest BCUT2D eigenvalue weighted by Crippen LogP contribution is -2.51. The molecule has 0 radical (unpaired) electrons. The van der Waals surface area contributed by atoms with E-state index in [-0.39, 0.29) is 11.8 Å². The summed E-state index contributed by atoms with van der Waals surface area (Å²) in [5, 5.41) is 11.9. The largest absolute Gasteiger partial charge is 0.444 e. The topological polar surface area (TPSA) is 133 Å². The number of piperazine rings is 1. The minimum Gasteiger partial charge on any atom is -0.444 e. The molecule has 2 aromatic heterocycles. The van der Waals surface area contributed by atoms with Crippen molar-refractivity contribution in [2.75, 3.05) is 31.5 Å². The Kier molecular flexibility index (Phi) is 7.63. The van der Waals surface area contributed by atoms with Gasteiger partial charge in [-0.3, -0.25) is 14.0 Å². The van der Waals surface area contributed by atoms with Gasteiger partial charge in [0.25, 0.3) is 5.91 Å². The van der Waals surface area contributed by atoms with Gasteiger partial charge in [0.05, 0.1) is 34.8 Å². The molecule has 5 rings (SSSR count). The number of nitrogens with zero attached hydrogens (tertiary/aromatic N) is 6. The van der Waals surface area contributed by atoms with Gasteiger partial charge in [0.1, 0.15) is 5.60 Å². The molecule has 0 atom stereocenters. The minimum absolute atomic E-state index is 0.236. The molecule has 1 aliphatic rings. The van der Waals surface area contributed by atoms with Crippen LogP contribution in [0.3, 0.4) is 0 Å². The number of carbonyl (C=O) groups is 3. The summed E-state index contributed by atoms with van der Waals surface area (Å²) < 4.78 is 7.31. The highest BCUT2D eigenvalue weighted by Gasteiger charge is 2.29. The summed E-state index contributed by atoms with van der Waals surface area (Å²) in [5.74, 6) is -0.0276. The van der Waals surface area contributed by atoms with Crippen LogP contribution < -0.4 is 5.32 Å². The van der Waals surface area contributed by atoms with E-state index in [0.29, 0.717) is 48.8 Å². The number of fused-ring (bicyclic) bond motifs is 1. The summed E-state index contributed by atoms with van der Waals surface area (Å²) in [6, 6.07) is 14.6. The Hall–Kier alpha value is -5.24. The van der Waals surface area contributed by atoms with E-state index in [4.69, 9.17) is 10.00 Å². The van der Waals surface area contributed by atoms with Crippen LogP contribution in [0.5, 0.6) is 0 Å². The Labute approximate surface area is 243 Å². The maximum atomic E-state index is 13.5. The van der Waals surface area contributed by atoms with Gasteiger partial charge in [-0.05, 0) is 50.6 Å². The van der Waals surface area contributed by atoms with Crippen molar-refractivity contribution >= 4 is 29.4 Å². The zero-order valence-electron chi connectivity index (χ0n) is 23.9. The Morgan fingerprint density at radius 1 is 0.905 bits per heavy atom. The predicted molar refractivity (Wildman–Crippen MR) is 157 cm³/mol. The summed E-state index contributed by atoms with van der Waals surface area (Å²) in [5.41, 5.74) is 3.91. The van der Waals surface area contributed by atoms with Crippen LogP contribution >= 0.6 is 0 Å². The van der Waals surface area contributed by atoms with Crippen LogP contribution in [0, 0.1) is 11.3 Å². The van der Waals surface area contributed by atoms with Gasteiger partial charge >= 0.3 is 6.09 Å². The molecule has 0 aliphatic carbocycles. The quantitative estimate of drug-likeness (QED) is 0.383. The van der Waals surface area contributed by atoms with Crippen molar-refractivity contribution in [3.8, 4) is 28.5 Å². The van der Waals surface area contributed by atoms with Gasteiger partial charge < -0.3 is 19.9 Å². The van der Waals surface area contributed by atoms with Gasteiger partial charge in [-0.1, -0.05) is 18.2 Å². The van der Waals surface area contributed by atoms with Crippen LogP contribution in [-0.2, 0) is 9.53 Å². The fourth-order valence-corrected chi connectivity index (χ4v) is 4.74. The number of carbonyl (C=O) groups excluding carboxylic acids is 3. The second-order valence-electron chi connectivity index (χ2n) is 11.0. The second-order valence-corrected chi connectivity index (χ2v) is 11.0. The number of imidazole rings is 1. The molecule has 1 fully saturated rings. The number of rotatable bonds is 4. The predicted octanol–water partition coefficient (Wildman–Crippen LogP) is 4.59. The van der Waals surface area contributed by atoms with E-state index in [1.807, 2.05) is 49.6 Å². The van der Waals surface area contributed by atoms with Crippen molar-refractivity contribution in [3.63, 3.8) is 0 Å². The second kappa shape index (κ2) is 11.3. The van der Waals surface area contributed by atoms with Gasteiger partial charge in [-0.15, -0.1) is 0 Å². The summed E-state index contributed by atoms with van der Waals surface area (Å²) >= 11 is 0. The van der Waals surface area contributed by atoms with E-state index >= 15 is 0 Å². The Morgan fingerprint density at radius 3 is 2.19 bits per heavy atom. The maximum Gasteiger partial charge on any atom is 0.410 e. The molecule has 1 saturated heterocycles. The van der Waals surface area contributed by atoms with E-state index in [1.165, 1.54) is 6.92 Å². The average molecular weight is 566 g/mol. The van der Waals surface area contributed by atoms with E-state index in [9.17, 15) is 14.4 Å². The van der Waals surface area contributed by atoms with Crippen LogP contribution in [0.1, 0.15) is 43.6 Å². The molecule has 2 aromatic carbocycles. The SMILES string of the molecule is CC(=O)Nc1cc(-c2cnc3ncc(-c4ccc(C#N)cc4)n3c2)ccc1C(=O)N1CCN(C(=O)OC(C)(C)C)CC1.